The summed E-state index contributed by atoms with van der Waals surface area (Å²) in [5, 5.41) is 0. The van der Waals surface area contributed by atoms with Gasteiger partial charge in [-0.25, -0.2) is 8.42 Å². The molecule has 1 amide bonds. The number of ether oxygens (including phenoxy) is 2. The molecule has 37 heavy (non-hydrogen) atoms. The maximum atomic E-state index is 13.2. The molecule has 2 heterocycles. The number of hydrogen-bond donors (Lipinski definition) is 0. The van der Waals surface area contributed by atoms with Crippen LogP contribution in [0.1, 0.15) is 49.9 Å². The zero-order valence-corrected chi connectivity index (χ0v) is 22.7. The Kier molecular flexibility index (Phi) is 8.69. The predicted octanol–water partition coefficient (Wildman–Crippen LogP) is 4.44. The van der Waals surface area contributed by atoms with E-state index in [0.717, 1.165) is 35.9 Å². The van der Waals surface area contributed by atoms with Crippen molar-refractivity contribution in [2.24, 2.45) is 4.99 Å². The molecule has 0 bridgehead atoms. The number of unbranched alkanes of at least 4 members (excludes halogenated alkanes) is 2. The van der Waals surface area contributed by atoms with E-state index in [1.807, 2.05) is 26.0 Å². The number of benzene rings is 2. The molecule has 3 aromatic rings. The van der Waals surface area contributed by atoms with Gasteiger partial charge >= 0.3 is 0 Å². The molecule has 196 valence electrons. The van der Waals surface area contributed by atoms with E-state index in [1.165, 1.54) is 39.9 Å². The third-order valence-electron chi connectivity index (χ3n) is 6.05. The number of thiazole rings is 1. The fourth-order valence-corrected chi connectivity index (χ4v) is 6.58. The molecule has 8 nitrogen and oxygen atoms in total. The van der Waals surface area contributed by atoms with Crippen molar-refractivity contribution in [1.82, 2.24) is 8.87 Å². The van der Waals surface area contributed by atoms with Gasteiger partial charge in [-0.3, -0.25) is 4.79 Å². The highest BCUT2D eigenvalue weighted by Crippen LogP contribution is 2.35. The summed E-state index contributed by atoms with van der Waals surface area (Å²) in [6.07, 6.45) is 9.01. The molecule has 10 heteroatoms. The van der Waals surface area contributed by atoms with Crippen LogP contribution in [0.3, 0.4) is 0 Å². The van der Waals surface area contributed by atoms with Gasteiger partial charge in [0.25, 0.3) is 5.91 Å². The van der Waals surface area contributed by atoms with Gasteiger partial charge in [0, 0.05) is 30.8 Å². The van der Waals surface area contributed by atoms with Crippen molar-refractivity contribution in [3.05, 3.63) is 46.8 Å². The molecule has 2 aromatic carbocycles. The molecule has 0 spiro atoms. The van der Waals surface area contributed by atoms with Crippen molar-refractivity contribution in [3.8, 4) is 23.8 Å². The van der Waals surface area contributed by atoms with Gasteiger partial charge in [-0.15, -0.1) is 6.42 Å². The van der Waals surface area contributed by atoms with Crippen molar-refractivity contribution in [2.75, 3.05) is 26.3 Å². The summed E-state index contributed by atoms with van der Waals surface area (Å²) in [5.74, 6) is 3.41. The normalized spacial score (nSPS) is 13.7. The van der Waals surface area contributed by atoms with E-state index < -0.39 is 15.9 Å². The van der Waals surface area contributed by atoms with Gasteiger partial charge in [0.1, 0.15) is 13.2 Å². The number of hydrogen-bond acceptors (Lipinski definition) is 6. The first-order valence-electron chi connectivity index (χ1n) is 12.4. The molecule has 0 unspecified atom stereocenters. The third-order valence-corrected chi connectivity index (χ3v) is 9.01. The zero-order valence-electron chi connectivity index (χ0n) is 21.1. The molecule has 0 fully saturated rings. The molecule has 0 aliphatic carbocycles. The molecule has 4 rings (SSSR count). The largest absolute Gasteiger partial charge is 0.486 e. The summed E-state index contributed by atoms with van der Waals surface area (Å²) in [6.45, 7) is 6.21. The molecule has 1 aromatic heterocycles. The Morgan fingerprint density at radius 3 is 2.30 bits per heavy atom. The average Bonchev–Trinajstić information content (AvgIpc) is 3.23. The molecular weight excluding hydrogens is 510 g/mol. The summed E-state index contributed by atoms with van der Waals surface area (Å²) in [4.78, 5) is 18.0. The third kappa shape index (κ3) is 5.90. The standard InChI is InChI=1S/C27H31N3O5S2/c1-4-7-14-29(15-8-5-2)37(32,33)21-11-9-20(10-12-21)26(31)28-27-30(13-6-3)22-18-23-24(19-25(22)36-27)35-17-16-34-23/h3,9-12,18-19H,4-5,7-8,13-17H2,1-2H3. The second-order valence-electron chi connectivity index (χ2n) is 8.69. The molecule has 0 saturated heterocycles. The maximum absolute atomic E-state index is 13.2. The van der Waals surface area contributed by atoms with Gasteiger partial charge < -0.3 is 14.0 Å². The van der Waals surface area contributed by atoms with Crippen LogP contribution in [0.25, 0.3) is 10.2 Å². The van der Waals surface area contributed by atoms with Crippen LogP contribution < -0.4 is 14.3 Å². The monoisotopic (exact) mass is 541 g/mol. The van der Waals surface area contributed by atoms with Crippen LogP contribution >= 0.6 is 11.3 Å². The fourth-order valence-electron chi connectivity index (χ4n) is 4.03. The van der Waals surface area contributed by atoms with E-state index in [4.69, 9.17) is 15.9 Å². The lowest BCUT2D eigenvalue weighted by Gasteiger charge is -2.22. The van der Waals surface area contributed by atoms with Crippen LogP contribution in [0.15, 0.2) is 46.3 Å². The van der Waals surface area contributed by atoms with Gasteiger partial charge in [-0.1, -0.05) is 43.9 Å². The maximum Gasteiger partial charge on any atom is 0.279 e. The number of sulfonamides is 1. The van der Waals surface area contributed by atoms with Crippen molar-refractivity contribution in [1.29, 1.82) is 0 Å². The lowest BCUT2D eigenvalue weighted by molar-refractivity contribution is 0.0997. The minimum atomic E-state index is -3.64. The summed E-state index contributed by atoms with van der Waals surface area (Å²) < 4.78 is 42.0. The van der Waals surface area contributed by atoms with Gasteiger partial charge in [-0.05, 0) is 37.1 Å². The summed E-state index contributed by atoms with van der Waals surface area (Å²) in [7, 11) is -3.64. The number of aromatic nitrogens is 1. The molecule has 1 aliphatic rings. The second-order valence-corrected chi connectivity index (χ2v) is 11.6. The first-order chi connectivity index (χ1) is 17.9. The Morgan fingerprint density at radius 1 is 1.08 bits per heavy atom. The van der Waals surface area contributed by atoms with Crippen LogP contribution in [0.5, 0.6) is 11.5 Å². The minimum Gasteiger partial charge on any atom is -0.486 e. The van der Waals surface area contributed by atoms with Crippen LogP contribution in [0.4, 0.5) is 0 Å². The Labute approximate surface area is 221 Å². The Balaban J connectivity index is 1.64. The lowest BCUT2D eigenvalue weighted by atomic mass is 10.2. The quantitative estimate of drug-likeness (QED) is 0.354. The number of nitrogens with zero attached hydrogens (tertiary/aromatic N) is 3. The van der Waals surface area contributed by atoms with E-state index in [1.54, 1.807) is 4.57 Å². The van der Waals surface area contributed by atoms with Gasteiger partial charge in [0.05, 0.1) is 21.7 Å². The number of carbonyl (C=O) groups excluding carboxylic acids is 1. The smallest absolute Gasteiger partial charge is 0.279 e. The van der Waals surface area contributed by atoms with E-state index in [-0.39, 0.29) is 11.4 Å². The topological polar surface area (TPSA) is 90.2 Å². The molecule has 0 saturated carbocycles. The lowest BCUT2D eigenvalue weighted by Crippen LogP contribution is -2.33. The Hall–Kier alpha value is -3.13. The Morgan fingerprint density at radius 2 is 1.70 bits per heavy atom. The summed E-state index contributed by atoms with van der Waals surface area (Å²) >= 11 is 1.33. The van der Waals surface area contributed by atoms with Crippen molar-refractivity contribution in [3.63, 3.8) is 0 Å². The SMILES string of the molecule is C#CCn1c(=NC(=O)c2ccc(S(=O)(=O)N(CCCC)CCCC)cc2)sc2cc3c(cc21)OCCO3. The number of fused-ring (bicyclic) bond motifs is 2. The van der Waals surface area contributed by atoms with Gasteiger partial charge in [-0.2, -0.15) is 9.30 Å². The molecule has 1 aliphatic heterocycles. The number of terminal acetylenes is 1. The number of carbonyl (C=O) groups is 1. The van der Waals surface area contributed by atoms with E-state index in [9.17, 15) is 13.2 Å². The summed E-state index contributed by atoms with van der Waals surface area (Å²) in [5.41, 5.74) is 1.10. The first kappa shape index (κ1) is 26.9. The van der Waals surface area contributed by atoms with Gasteiger partial charge in [0.15, 0.2) is 16.3 Å². The summed E-state index contributed by atoms with van der Waals surface area (Å²) in [6, 6.07) is 9.70. The second kappa shape index (κ2) is 11.9. The minimum absolute atomic E-state index is 0.172. The van der Waals surface area contributed by atoms with Gasteiger partial charge in [0.2, 0.25) is 10.0 Å². The predicted molar refractivity (Wildman–Crippen MR) is 145 cm³/mol. The van der Waals surface area contributed by atoms with E-state index in [0.29, 0.717) is 48.2 Å². The van der Waals surface area contributed by atoms with Crippen molar-refractivity contribution >= 4 is 37.5 Å². The fraction of sp³-hybridized carbons (Fsp3) is 0.407. The highest BCUT2D eigenvalue weighted by molar-refractivity contribution is 7.89. The Bertz CT molecular complexity index is 1470. The van der Waals surface area contributed by atoms with Crippen LogP contribution in [0, 0.1) is 12.3 Å². The van der Waals surface area contributed by atoms with Crippen molar-refractivity contribution < 1.29 is 22.7 Å². The van der Waals surface area contributed by atoms with Crippen LogP contribution in [-0.2, 0) is 16.6 Å². The molecule has 0 N–H and O–H groups in total. The first-order valence-corrected chi connectivity index (χ1v) is 14.7. The average molecular weight is 542 g/mol. The van der Waals surface area contributed by atoms with Crippen molar-refractivity contribution in [2.45, 2.75) is 51.0 Å². The molecular formula is C27H31N3O5S2. The van der Waals surface area contributed by atoms with E-state index in [2.05, 4.69) is 10.9 Å². The molecule has 0 radical (unpaired) electrons. The zero-order chi connectivity index (χ0) is 26.4. The highest BCUT2D eigenvalue weighted by Gasteiger charge is 2.24. The van der Waals surface area contributed by atoms with Crippen LogP contribution in [-0.4, -0.2) is 49.5 Å². The number of amides is 1. The van der Waals surface area contributed by atoms with Crippen LogP contribution in [0.2, 0.25) is 0 Å². The molecule has 0 atom stereocenters. The highest BCUT2D eigenvalue weighted by atomic mass is 32.2. The number of rotatable bonds is 10. The van der Waals surface area contributed by atoms with E-state index >= 15 is 0 Å².